The van der Waals surface area contributed by atoms with Crippen molar-refractivity contribution >= 4 is 0 Å². The largest absolute Gasteiger partial charge is 0.491 e. The molecule has 0 aliphatic rings. The molecule has 0 bridgehead atoms. The molecule has 0 aliphatic carbocycles. The Morgan fingerprint density at radius 2 is 2.07 bits per heavy atom. The molecule has 0 radical (unpaired) electrons. The zero-order chi connectivity index (χ0) is 11.1. The summed E-state index contributed by atoms with van der Waals surface area (Å²) >= 11 is 0. The minimum absolute atomic E-state index is 0.253. The molecule has 1 aromatic carbocycles. The van der Waals surface area contributed by atoms with Crippen LogP contribution in [0, 0.1) is 12.7 Å². The van der Waals surface area contributed by atoms with Crippen LogP contribution in [0.2, 0.25) is 0 Å². The van der Waals surface area contributed by atoms with Crippen molar-refractivity contribution in [1.29, 1.82) is 0 Å². The molecule has 84 valence electrons. The van der Waals surface area contributed by atoms with Gasteiger partial charge < -0.3 is 10.5 Å². The van der Waals surface area contributed by atoms with E-state index in [4.69, 9.17) is 10.5 Å². The Labute approximate surface area is 90.2 Å². The number of ether oxygens (including phenoxy) is 1. The standard InChI is InChI=1S/C12H18FNO/c1-10-6-5-7-11(12(10)13)15-9-4-2-3-8-14/h5-7H,2-4,8-9,14H2,1H3. The van der Waals surface area contributed by atoms with Crippen LogP contribution in [0.4, 0.5) is 4.39 Å². The zero-order valence-electron chi connectivity index (χ0n) is 9.13. The maximum absolute atomic E-state index is 13.4. The summed E-state index contributed by atoms with van der Waals surface area (Å²) in [5.41, 5.74) is 5.98. The van der Waals surface area contributed by atoms with Crippen molar-refractivity contribution in [3.8, 4) is 5.75 Å². The molecule has 0 saturated carbocycles. The molecule has 15 heavy (non-hydrogen) atoms. The first-order valence-electron chi connectivity index (χ1n) is 5.33. The lowest BCUT2D eigenvalue weighted by atomic mass is 10.2. The number of benzene rings is 1. The molecule has 0 spiro atoms. The molecule has 2 N–H and O–H groups in total. The fraction of sp³-hybridized carbons (Fsp3) is 0.500. The predicted molar refractivity (Wildman–Crippen MR) is 59.5 cm³/mol. The summed E-state index contributed by atoms with van der Waals surface area (Å²) < 4.78 is 18.8. The number of hydrogen-bond acceptors (Lipinski definition) is 2. The molecule has 1 aromatic rings. The van der Waals surface area contributed by atoms with E-state index in [0.29, 0.717) is 24.5 Å². The van der Waals surface area contributed by atoms with Crippen molar-refractivity contribution in [2.75, 3.05) is 13.2 Å². The van der Waals surface area contributed by atoms with Gasteiger partial charge >= 0.3 is 0 Å². The van der Waals surface area contributed by atoms with Crippen LogP contribution in [-0.2, 0) is 0 Å². The first-order chi connectivity index (χ1) is 7.25. The van der Waals surface area contributed by atoms with Gasteiger partial charge in [0.25, 0.3) is 0 Å². The Morgan fingerprint density at radius 1 is 1.27 bits per heavy atom. The van der Waals surface area contributed by atoms with E-state index < -0.39 is 0 Å². The molecule has 0 aromatic heterocycles. The summed E-state index contributed by atoms with van der Waals surface area (Å²) in [7, 11) is 0. The SMILES string of the molecule is Cc1cccc(OCCCCCN)c1F. The summed E-state index contributed by atoms with van der Waals surface area (Å²) in [6.07, 6.45) is 2.95. The molecule has 0 amide bonds. The number of halogens is 1. The molecular formula is C12H18FNO. The molecule has 0 atom stereocenters. The van der Waals surface area contributed by atoms with Crippen molar-refractivity contribution in [3.05, 3.63) is 29.6 Å². The van der Waals surface area contributed by atoms with Gasteiger partial charge in [0.2, 0.25) is 0 Å². The van der Waals surface area contributed by atoms with Crippen molar-refractivity contribution in [2.45, 2.75) is 26.2 Å². The average Bonchev–Trinajstić information content (AvgIpc) is 2.24. The van der Waals surface area contributed by atoms with E-state index in [-0.39, 0.29) is 5.82 Å². The molecular weight excluding hydrogens is 193 g/mol. The van der Waals surface area contributed by atoms with Crippen LogP contribution >= 0.6 is 0 Å². The van der Waals surface area contributed by atoms with Crippen LogP contribution in [0.5, 0.6) is 5.75 Å². The van der Waals surface area contributed by atoms with Crippen LogP contribution in [0.25, 0.3) is 0 Å². The number of aryl methyl sites for hydroxylation is 1. The van der Waals surface area contributed by atoms with Crippen molar-refractivity contribution < 1.29 is 9.13 Å². The molecule has 0 aliphatic heterocycles. The van der Waals surface area contributed by atoms with E-state index >= 15 is 0 Å². The third kappa shape index (κ3) is 3.88. The van der Waals surface area contributed by atoms with Gasteiger partial charge in [-0.25, -0.2) is 4.39 Å². The van der Waals surface area contributed by atoms with E-state index in [1.807, 2.05) is 0 Å². The van der Waals surface area contributed by atoms with Crippen molar-refractivity contribution in [3.63, 3.8) is 0 Å². The molecule has 0 heterocycles. The van der Waals surface area contributed by atoms with Crippen LogP contribution in [0.15, 0.2) is 18.2 Å². The third-order valence-electron chi connectivity index (χ3n) is 2.26. The lowest BCUT2D eigenvalue weighted by Gasteiger charge is -2.07. The second kappa shape index (κ2) is 6.40. The molecule has 0 saturated heterocycles. The molecule has 0 unspecified atom stereocenters. The third-order valence-corrected chi connectivity index (χ3v) is 2.26. The highest BCUT2D eigenvalue weighted by atomic mass is 19.1. The summed E-state index contributed by atoms with van der Waals surface area (Å²) in [5.74, 6) is 0.0964. The highest BCUT2D eigenvalue weighted by Gasteiger charge is 2.04. The molecule has 2 nitrogen and oxygen atoms in total. The summed E-state index contributed by atoms with van der Waals surface area (Å²) in [4.78, 5) is 0. The Bertz CT molecular complexity index is 302. The minimum Gasteiger partial charge on any atom is -0.491 e. The highest BCUT2D eigenvalue weighted by Crippen LogP contribution is 2.19. The van der Waals surface area contributed by atoms with E-state index in [1.54, 1.807) is 25.1 Å². The maximum atomic E-state index is 13.4. The maximum Gasteiger partial charge on any atom is 0.167 e. The lowest BCUT2D eigenvalue weighted by Crippen LogP contribution is -2.02. The van der Waals surface area contributed by atoms with Crippen LogP contribution in [0.1, 0.15) is 24.8 Å². The summed E-state index contributed by atoms with van der Waals surface area (Å²) in [6.45, 7) is 3.00. The van der Waals surface area contributed by atoms with Crippen molar-refractivity contribution in [1.82, 2.24) is 0 Å². The van der Waals surface area contributed by atoms with Gasteiger partial charge in [-0.2, -0.15) is 0 Å². The topological polar surface area (TPSA) is 35.2 Å². The first kappa shape index (κ1) is 12.0. The fourth-order valence-electron chi connectivity index (χ4n) is 1.34. The fourth-order valence-corrected chi connectivity index (χ4v) is 1.34. The average molecular weight is 211 g/mol. The monoisotopic (exact) mass is 211 g/mol. The molecule has 1 rings (SSSR count). The van der Waals surface area contributed by atoms with Gasteiger partial charge in [0.15, 0.2) is 11.6 Å². The Kier molecular flexibility index (Phi) is 5.12. The van der Waals surface area contributed by atoms with Gasteiger partial charge in [-0.1, -0.05) is 12.1 Å². The van der Waals surface area contributed by atoms with Crippen molar-refractivity contribution in [2.24, 2.45) is 5.73 Å². The van der Waals surface area contributed by atoms with E-state index in [0.717, 1.165) is 19.3 Å². The second-order valence-electron chi connectivity index (χ2n) is 3.58. The normalized spacial score (nSPS) is 10.3. The zero-order valence-corrected chi connectivity index (χ0v) is 9.13. The van der Waals surface area contributed by atoms with Gasteiger partial charge in [0, 0.05) is 0 Å². The van der Waals surface area contributed by atoms with Gasteiger partial charge in [0.1, 0.15) is 0 Å². The number of hydrogen-bond donors (Lipinski definition) is 1. The van der Waals surface area contributed by atoms with Crippen LogP contribution in [-0.4, -0.2) is 13.2 Å². The highest BCUT2D eigenvalue weighted by molar-refractivity contribution is 5.29. The quantitative estimate of drug-likeness (QED) is 0.734. The Morgan fingerprint density at radius 3 is 2.80 bits per heavy atom. The Hall–Kier alpha value is -1.09. The molecule has 3 heteroatoms. The number of rotatable bonds is 6. The van der Waals surface area contributed by atoms with E-state index in [2.05, 4.69) is 0 Å². The van der Waals surface area contributed by atoms with E-state index in [1.165, 1.54) is 0 Å². The number of nitrogens with two attached hydrogens (primary N) is 1. The minimum atomic E-state index is -0.253. The van der Waals surface area contributed by atoms with Gasteiger partial charge in [-0.05, 0) is 44.4 Å². The summed E-state index contributed by atoms with van der Waals surface area (Å²) in [6, 6.07) is 5.19. The van der Waals surface area contributed by atoms with Gasteiger partial charge in [-0.3, -0.25) is 0 Å². The predicted octanol–water partition coefficient (Wildman–Crippen LogP) is 2.64. The van der Waals surface area contributed by atoms with E-state index in [9.17, 15) is 4.39 Å². The van der Waals surface area contributed by atoms with Gasteiger partial charge in [0.05, 0.1) is 6.61 Å². The second-order valence-corrected chi connectivity index (χ2v) is 3.58. The summed E-state index contributed by atoms with van der Waals surface area (Å²) in [5, 5.41) is 0. The number of unbranched alkanes of at least 4 members (excludes halogenated alkanes) is 2. The van der Waals surface area contributed by atoms with Gasteiger partial charge in [-0.15, -0.1) is 0 Å². The van der Waals surface area contributed by atoms with Crippen LogP contribution < -0.4 is 10.5 Å². The lowest BCUT2D eigenvalue weighted by molar-refractivity contribution is 0.290. The first-order valence-corrected chi connectivity index (χ1v) is 5.33. The smallest absolute Gasteiger partial charge is 0.167 e. The van der Waals surface area contributed by atoms with Crippen LogP contribution in [0.3, 0.4) is 0 Å². The molecule has 0 fully saturated rings. The Balaban J connectivity index is 2.34.